The minimum absolute atomic E-state index is 0.00449. The van der Waals surface area contributed by atoms with Crippen LogP contribution in [0, 0.1) is 0 Å². The van der Waals surface area contributed by atoms with Crippen LogP contribution in [0.15, 0.2) is 24.3 Å². The molecule has 0 spiro atoms. The predicted octanol–water partition coefficient (Wildman–Crippen LogP) is -0.448. The first-order chi connectivity index (χ1) is 8.74. The molecule has 104 valence electrons. The van der Waals surface area contributed by atoms with Crippen LogP contribution >= 0.6 is 0 Å². The highest BCUT2D eigenvalue weighted by atomic mass is 16.4. The van der Waals surface area contributed by atoms with Crippen LogP contribution in [0.2, 0.25) is 0 Å². The molecule has 1 aromatic rings. The number of phenols is 1. The summed E-state index contributed by atoms with van der Waals surface area (Å²) in [6.45, 7) is 0. The van der Waals surface area contributed by atoms with Crippen molar-refractivity contribution in [1.29, 1.82) is 0 Å². The maximum atomic E-state index is 11.1. The second-order valence-electron chi connectivity index (χ2n) is 4.33. The quantitative estimate of drug-likeness (QED) is 0.471. The van der Waals surface area contributed by atoms with Gasteiger partial charge in [-0.2, -0.15) is 0 Å². The fraction of sp³-hybridized carbons (Fsp3) is 0.333. The molecule has 6 N–H and O–H groups in total. The van der Waals surface area contributed by atoms with Crippen LogP contribution in [-0.2, 0) is 16.0 Å². The Hall–Kier alpha value is -2.12. The third-order valence-corrected chi connectivity index (χ3v) is 2.71. The number of hydrogen-bond acceptors (Lipinski definition) is 5. The number of aliphatic carboxylic acids is 2. The molecule has 1 rings (SSSR count). The van der Waals surface area contributed by atoms with Crippen LogP contribution in [0.4, 0.5) is 0 Å². The number of rotatable bonds is 6. The monoisotopic (exact) mass is 269 g/mol. The van der Waals surface area contributed by atoms with Crippen molar-refractivity contribution in [3.63, 3.8) is 0 Å². The summed E-state index contributed by atoms with van der Waals surface area (Å²) in [5.74, 6) is -2.92. The topological polar surface area (TPSA) is 141 Å². The van der Waals surface area contributed by atoms with E-state index in [1.807, 2.05) is 0 Å². The number of nitrogens with two attached hydrogens (primary N) is 1. The first-order valence-electron chi connectivity index (χ1n) is 5.46. The van der Waals surface area contributed by atoms with E-state index in [1.165, 1.54) is 24.3 Å². The number of phenolic OH excluding ortho intramolecular Hbond substituents is 1. The summed E-state index contributed by atoms with van der Waals surface area (Å²) in [5.41, 5.74) is 3.43. The molecular weight excluding hydrogens is 254 g/mol. The van der Waals surface area contributed by atoms with Gasteiger partial charge in [-0.3, -0.25) is 4.79 Å². The molecule has 1 aromatic carbocycles. The van der Waals surface area contributed by atoms with Gasteiger partial charge in [0.15, 0.2) is 5.60 Å². The van der Waals surface area contributed by atoms with Crippen LogP contribution in [-0.4, -0.2) is 44.0 Å². The summed E-state index contributed by atoms with van der Waals surface area (Å²) in [4.78, 5) is 21.7. The Balaban J connectivity index is 2.90. The second-order valence-corrected chi connectivity index (χ2v) is 4.33. The Morgan fingerprint density at radius 1 is 1.21 bits per heavy atom. The van der Waals surface area contributed by atoms with E-state index in [0.717, 1.165) is 0 Å². The fourth-order valence-corrected chi connectivity index (χ4v) is 1.64. The van der Waals surface area contributed by atoms with Gasteiger partial charge in [-0.15, -0.1) is 0 Å². The van der Waals surface area contributed by atoms with Gasteiger partial charge < -0.3 is 26.2 Å². The third kappa shape index (κ3) is 3.94. The Bertz CT molecular complexity index is 472. The summed E-state index contributed by atoms with van der Waals surface area (Å²) >= 11 is 0. The van der Waals surface area contributed by atoms with E-state index in [0.29, 0.717) is 5.56 Å². The van der Waals surface area contributed by atoms with Gasteiger partial charge in [-0.25, -0.2) is 4.79 Å². The Kier molecular flexibility index (Phi) is 4.47. The highest BCUT2D eigenvalue weighted by Gasteiger charge is 2.39. The molecule has 0 aliphatic carbocycles. The van der Waals surface area contributed by atoms with Crippen LogP contribution in [0.1, 0.15) is 12.0 Å². The number of carboxylic acid groups (broad SMARTS) is 2. The van der Waals surface area contributed by atoms with Crippen LogP contribution < -0.4 is 5.73 Å². The first-order valence-corrected chi connectivity index (χ1v) is 5.46. The lowest BCUT2D eigenvalue weighted by atomic mass is 9.88. The molecule has 0 radical (unpaired) electrons. The SMILES string of the molecule is N[C@H](C[C@](O)(Cc1ccc(O)cc1)C(=O)O)C(=O)O. The fourth-order valence-electron chi connectivity index (χ4n) is 1.64. The molecule has 0 bridgehead atoms. The summed E-state index contributed by atoms with van der Waals surface area (Å²) in [6, 6.07) is 4.09. The highest BCUT2D eigenvalue weighted by Crippen LogP contribution is 2.21. The van der Waals surface area contributed by atoms with E-state index >= 15 is 0 Å². The van der Waals surface area contributed by atoms with E-state index in [2.05, 4.69) is 0 Å². The number of aromatic hydroxyl groups is 1. The third-order valence-electron chi connectivity index (χ3n) is 2.71. The molecule has 0 saturated heterocycles. The zero-order valence-corrected chi connectivity index (χ0v) is 9.98. The average molecular weight is 269 g/mol. The van der Waals surface area contributed by atoms with E-state index in [9.17, 15) is 14.7 Å². The largest absolute Gasteiger partial charge is 0.508 e. The zero-order valence-electron chi connectivity index (χ0n) is 9.98. The average Bonchev–Trinajstić information content (AvgIpc) is 2.31. The van der Waals surface area contributed by atoms with Gasteiger partial charge in [-0.05, 0) is 17.7 Å². The molecule has 2 atom stereocenters. The van der Waals surface area contributed by atoms with Gasteiger partial charge in [0, 0.05) is 12.8 Å². The molecule has 0 fully saturated rings. The van der Waals surface area contributed by atoms with Crippen molar-refractivity contribution in [1.82, 2.24) is 0 Å². The van der Waals surface area contributed by atoms with Crippen molar-refractivity contribution in [2.45, 2.75) is 24.5 Å². The maximum absolute atomic E-state index is 11.1. The van der Waals surface area contributed by atoms with Crippen molar-refractivity contribution in [3.05, 3.63) is 29.8 Å². The van der Waals surface area contributed by atoms with Gasteiger partial charge in [0.05, 0.1) is 0 Å². The second kappa shape index (κ2) is 5.68. The lowest BCUT2D eigenvalue weighted by Crippen LogP contribution is -2.48. The Morgan fingerprint density at radius 3 is 2.16 bits per heavy atom. The zero-order chi connectivity index (χ0) is 14.6. The van der Waals surface area contributed by atoms with Gasteiger partial charge in [0.25, 0.3) is 0 Å². The number of aliphatic hydroxyl groups is 1. The minimum Gasteiger partial charge on any atom is -0.508 e. The lowest BCUT2D eigenvalue weighted by Gasteiger charge is -2.25. The number of carboxylic acids is 2. The van der Waals surface area contributed by atoms with Gasteiger partial charge in [0.1, 0.15) is 11.8 Å². The molecule has 0 heterocycles. The smallest absolute Gasteiger partial charge is 0.336 e. The van der Waals surface area contributed by atoms with E-state index < -0.39 is 30.0 Å². The van der Waals surface area contributed by atoms with E-state index in [1.54, 1.807) is 0 Å². The van der Waals surface area contributed by atoms with E-state index in [-0.39, 0.29) is 12.2 Å². The molecule has 0 aliphatic rings. The maximum Gasteiger partial charge on any atom is 0.336 e. The molecule has 0 saturated carbocycles. The molecule has 0 aliphatic heterocycles. The van der Waals surface area contributed by atoms with Crippen molar-refractivity contribution >= 4 is 11.9 Å². The molecule has 0 aromatic heterocycles. The molecule has 7 nitrogen and oxygen atoms in total. The highest BCUT2D eigenvalue weighted by molar-refractivity contribution is 5.80. The summed E-state index contributed by atoms with van der Waals surface area (Å²) in [5, 5.41) is 36.8. The van der Waals surface area contributed by atoms with Crippen molar-refractivity contribution in [3.8, 4) is 5.75 Å². The first kappa shape index (κ1) is 14.9. The van der Waals surface area contributed by atoms with E-state index in [4.69, 9.17) is 21.1 Å². The van der Waals surface area contributed by atoms with Crippen molar-refractivity contribution in [2.24, 2.45) is 5.73 Å². The van der Waals surface area contributed by atoms with Crippen LogP contribution in [0.5, 0.6) is 5.75 Å². The van der Waals surface area contributed by atoms with Crippen LogP contribution in [0.25, 0.3) is 0 Å². The summed E-state index contributed by atoms with van der Waals surface area (Å²) in [7, 11) is 0. The predicted molar refractivity (Wildman–Crippen MR) is 64.6 cm³/mol. The molecule has 0 amide bonds. The van der Waals surface area contributed by atoms with Crippen molar-refractivity contribution < 1.29 is 30.0 Å². The minimum atomic E-state index is -2.27. The Morgan fingerprint density at radius 2 is 1.74 bits per heavy atom. The number of benzene rings is 1. The van der Waals surface area contributed by atoms with Crippen molar-refractivity contribution in [2.75, 3.05) is 0 Å². The standard InChI is InChI=1S/C12H15NO6/c13-9(10(15)16)6-12(19,11(17)18)5-7-1-3-8(14)4-2-7/h1-4,9,14,19H,5-6,13H2,(H,15,16)(H,17,18)/t9-,12-/m1/s1. The van der Waals surface area contributed by atoms with Crippen LogP contribution in [0.3, 0.4) is 0 Å². The van der Waals surface area contributed by atoms with Gasteiger partial charge >= 0.3 is 11.9 Å². The normalized spacial score (nSPS) is 15.5. The molecule has 19 heavy (non-hydrogen) atoms. The molecule has 0 unspecified atom stereocenters. The molecule has 7 heteroatoms. The molecular formula is C12H15NO6. The van der Waals surface area contributed by atoms with Gasteiger partial charge in [0.2, 0.25) is 0 Å². The summed E-state index contributed by atoms with van der Waals surface area (Å²) < 4.78 is 0. The lowest BCUT2D eigenvalue weighted by molar-refractivity contribution is -0.160. The summed E-state index contributed by atoms with van der Waals surface area (Å²) in [6.07, 6.45) is -0.915. The van der Waals surface area contributed by atoms with Gasteiger partial charge in [-0.1, -0.05) is 12.1 Å². The Labute approximate surface area is 108 Å². The number of hydrogen-bond donors (Lipinski definition) is 5. The number of carbonyl (C=O) groups is 2.